The molecule has 0 bridgehead atoms. The monoisotopic (exact) mass is 442 g/mol. The van der Waals surface area contributed by atoms with Gasteiger partial charge in [-0.3, -0.25) is 0 Å². The molecule has 0 radical (unpaired) electrons. The standard InChI is InChI=1S/C19H22N2OS.C4H4O4/c1-20-10-5-11-21-16-6-3-4-7-19(16)22-18-9-8-14(23-2)12-15(18)17(21)13-20;5-3(6)1-2-4(7)8/h3-4,6-9,12,17H,5,10-11,13H2,1-2H3;1-2H,(H,5,6)(H,7,8)/b;2-1-. The number of carbonyl (C=O) groups is 2. The molecule has 31 heavy (non-hydrogen) atoms. The van der Waals surface area contributed by atoms with E-state index in [1.807, 2.05) is 0 Å². The Morgan fingerprint density at radius 3 is 2.45 bits per heavy atom. The molecule has 2 aliphatic heterocycles. The summed E-state index contributed by atoms with van der Waals surface area (Å²) in [5.41, 5.74) is 2.52. The van der Waals surface area contributed by atoms with Gasteiger partial charge < -0.3 is 24.7 Å². The van der Waals surface area contributed by atoms with Gasteiger partial charge in [-0.15, -0.1) is 11.8 Å². The first-order valence-electron chi connectivity index (χ1n) is 9.93. The molecule has 2 aromatic rings. The van der Waals surface area contributed by atoms with Gasteiger partial charge in [-0.1, -0.05) is 12.1 Å². The normalized spacial score (nSPS) is 17.7. The second-order valence-corrected chi connectivity index (χ2v) is 8.19. The number of hydrogen-bond acceptors (Lipinski definition) is 6. The van der Waals surface area contributed by atoms with Crippen LogP contribution in [0.4, 0.5) is 5.69 Å². The summed E-state index contributed by atoms with van der Waals surface area (Å²) in [6, 6.07) is 15.4. The zero-order valence-electron chi connectivity index (χ0n) is 17.5. The van der Waals surface area contributed by atoms with Crippen LogP contribution < -0.4 is 9.64 Å². The first kappa shape index (κ1) is 22.7. The number of carboxylic acids is 2. The molecule has 0 saturated carbocycles. The van der Waals surface area contributed by atoms with Gasteiger partial charge in [-0.05, 0) is 56.6 Å². The van der Waals surface area contributed by atoms with Crippen molar-refractivity contribution in [2.75, 3.05) is 37.8 Å². The van der Waals surface area contributed by atoms with Crippen LogP contribution in [0.15, 0.2) is 59.5 Å². The van der Waals surface area contributed by atoms with Crippen molar-refractivity contribution in [3.63, 3.8) is 0 Å². The number of nitrogens with zero attached hydrogens (tertiary/aromatic N) is 2. The Balaban J connectivity index is 0.000000293. The number of thioether (sulfide) groups is 1. The van der Waals surface area contributed by atoms with Crippen molar-refractivity contribution < 1.29 is 24.5 Å². The third kappa shape index (κ3) is 5.80. The Morgan fingerprint density at radius 2 is 1.77 bits per heavy atom. The highest BCUT2D eigenvalue weighted by Gasteiger charge is 2.32. The van der Waals surface area contributed by atoms with E-state index in [-0.39, 0.29) is 0 Å². The highest BCUT2D eigenvalue weighted by Crippen LogP contribution is 2.45. The summed E-state index contributed by atoms with van der Waals surface area (Å²) in [5.74, 6) is -0.546. The molecule has 1 saturated heterocycles. The van der Waals surface area contributed by atoms with Crippen LogP contribution in [0.5, 0.6) is 11.5 Å². The Bertz CT molecular complexity index is 962. The van der Waals surface area contributed by atoms with Crippen LogP contribution in [0.2, 0.25) is 0 Å². The number of fused-ring (bicyclic) bond motifs is 5. The van der Waals surface area contributed by atoms with E-state index in [9.17, 15) is 9.59 Å². The molecule has 0 amide bonds. The number of aliphatic carboxylic acids is 2. The maximum absolute atomic E-state index is 9.55. The van der Waals surface area contributed by atoms with E-state index in [0.717, 1.165) is 31.1 Å². The molecule has 164 valence electrons. The zero-order chi connectivity index (χ0) is 22.4. The molecule has 1 unspecified atom stereocenters. The Kier molecular flexibility index (Phi) is 7.59. The molecule has 4 rings (SSSR count). The van der Waals surface area contributed by atoms with E-state index in [2.05, 4.69) is 65.6 Å². The van der Waals surface area contributed by atoms with E-state index in [1.165, 1.54) is 22.6 Å². The van der Waals surface area contributed by atoms with Crippen LogP contribution in [0.3, 0.4) is 0 Å². The van der Waals surface area contributed by atoms with Crippen LogP contribution >= 0.6 is 11.8 Å². The van der Waals surface area contributed by atoms with Gasteiger partial charge in [0.1, 0.15) is 5.75 Å². The molecule has 2 N–H and O–H groups in total. The maximum atomic E-state index is 9.55. The average molecular weight is 443 g/mol. The highest BCUT2D eigenvalue weighted by atomic mass is 32.2. The number of anilines is 1. The highest BCUT2D eigenvalue weighted by molar-refractivity contribution is 7.98. The van der Waals surface area contributed by atoms with Gasteiger partial charge in [0.05, 0.1) is 11.7 Å². The molecule has 7 nitrogen and oxygen atoms in total. The molecule has 0 spiro atoms. The summed E-state index contributed by atoms with van der Waals surface area (Å²) < 4.78 is 6.30. The van der Waals surface area contributed by atoms with Gasteiger partial charge >= 0.3 is 11.9 Å². The second-order valence-electron chi connectivity index (χ2n) is 7.31. The quantitative estimate of drug-likeness (QED) is 0.542. The summed E-state index contributed by atoms with van der Waals surface area (Å²) >= 11 is 1.79. The smallest absolute Gasteiger partial charge is 0.328 e. The lowest BCUT2D eigenvalue weighted by molar-refractivity contribution is -0.134. The molecule has 1 atom stereocenters. The van der Waals surface area contributed by atoms with Crippen LogP contribution in [0.25, 0.3) is 0 Å². The lowest BCUT2D eigenvalue weighted by Gasteiger charge is -2.32. The van der Waals surface area contributed by atoms with Gasteiger partial charge in [0.25, 0.3) is 0 Å². The van der Waals surface area contributed by atoms with E-state index in [0.29, 0.717) is 18.2 Å². The summed E-state index contributed by atoms with van der Waals surface area (Å²) in [6.45, 7) is 3.24. The predicted molar refractivity (Wildman–Crippen MR) is 121 cm³/mol. The fraction of sp³-hybridized carbons (Fsp3) is 0.304. The lowest BCUT2D eigenvalue weighted by atomic mass is 10.0. The Hall–Kier alpha value is -2.97. The summed E-state index contributed by atoms with van der Waals surface area (Å²) in [6.07, 6.45) is 4.43. The lowest BCUT2D eigenvalue weighted by Crippen LogP contribution is -2.32. The predicted octanol–water partition coefficient (Wildman–Crippen LogP) is 4.11. The molecule has 2 aromatic carbocycles. The number of rotatable bonds is 3. The van der Waals surface area contributed by atoms with Gasteiger partial charge in [-0.25, -0.2) is 9.59 Å². The van der Waals surface area contributed by atoms with Crippen molar-refractivity contribution in [3.05, 3.63) is 60.2 Å². The SMILES string of the molecule is CSc1ccc2c(c1)C1CN(C)CCCN1c1ccccc1O2.O=C(O)/C=C\C(=O)O. The summed E-state index contributed by atoms with van der Waals surface area (Å²) in [7, 11) is 2.22. The minimum Gasteiger partial charge on any atom is -0.478 e. The molecule has 2 aliphatic rings. The second kappa shape index (κ2) is 10.4. The van der Waals surface area contributed by atoms with Crippen LogP contribution in [0, 0.1) is 0 Å². The van der Waals surface area contributed by atoms with Crippen molar-refractivity contribution in [2.45, 2.75) is 17.4 Å². The van der Waals surface area contributed by atoms with Crippen molar-refractivity contribution >= 4 is 29.4 Å². The third-order valence-corrected chi connectivity index (χ3v) is 5.86. The molecule has 8 heteroatoms. The number of hydrogen-bond donors (Lipinski definition) is 2. The van der Waals surface area contributed by atoms with E-state index >= 15 is 0 Å². The molecular formula is C23H26N2O5S. The number of carboxylic acid groups (broad SMARTS) is 2. The van der Waals surface area contributed by atoms with Crippen LogP contribution in [0.1, 0.15) is 18.0 Å². The molecule has 0 aliphatic carbocycles. The zero-order valence-corrected chi connectivity index (χ0v) is 18.3. The molecule has 0 aromatic heterocycles. The summed E-state index contributed by atoms with van der Waals surface area (Å²) in [5, 5.41) is 15.6. The minimum atomic E-state index is -1.26. The fourth-order valence-electron chi connectivity index (χ4n) is 3.76. The average Bonchev–Trinajstić information content (AvgIpc) is 3.01. The van der Waals surface area contributed by atoms with E-state index in [4.69, 9.17) is 14.9 Å². The summed E-state index contributed by atoms with van der Waals surface area (Å²) in [4.78, 5) is 25.4. The first-order chi connectivity index (χ1) is 14.9. The van der Waals surface area contributed by atoms with Crippen LogP contribution in [-0.2, 0) is 9.59 Å². The van der Waals surface area contributed by atoms with Crippen molar-refractivity contribution in [1.29, 1.82) is 0 Å². The van der Waals surface area contributed by atoms with Crippen molar-refractivity contribution in [2.24, 2.45) is 0 Å². The third-order valence-electron chi connectivity index (χ3n) is 5.14. The minimum absolute atomic E-state index is 0.341. The van der Waals surface area contributed by atoms with E-state index < -0.39 is 11.9 Å². The van der Waals surface area contributed by atoms with Gasteiger partial charge in [0.15, 0.2) is 5.75 Å². The number of ether oxygens (including phenoxy) is 1. The Morgan fingerprint density at radius 1 is 1.06 bits per heavy atom. The molecular weight excluding hydrogens is 416 g/mol. The van der Waals surface area contributed by atoms with Gasteiger partial charge in [0.2, 0.25) is 0 Å². The fourth-order valence-corrected chi connectivity index (χ4v) is 4.20. The van der Waals surface area contributed by atoms with Crippen LogP contribution in [-0.4, -0.2) is 60.0 Å². The number of benzene rings is 2. The van der Waals surface area contributed by atoms with Gasteiger partial charge in [-0.2, -0.15) is 0 Å². The molecule has 2 heterocycles. The Labute approximate surface area is 185 Å². The largest absolute Gasteiger partial charge is 0.478 e. The number of para-hydroxylation sites is 2. The maximum Gasteiger partial charge on any atom is 0.328 e. The van der Waals surface area contributed by atoms with Crippen molar-refractivity contribution in [1.82, 2.24) is 4.90 Å². The van der Waals surface area contributed by atoms with Gasteiger partial charge in [0, 0.05) is 35.7 Å². The van der Waals surface area contributed by atoms with E-state index in [1.54, 1.807) is 11.8 Å². The topological polar surface area (TPSA) is 90.3 Å². The molecule has 1 fully saturated rings. The first-order valence-corrected chi connectivity index (χ1v) is 11.2. The number of likely N-dealkylation sites (N-methyl/N-ethyl adjacent to an activating group) is 1. The van der Waals surface area contributed by atoms with Crippen molar-refractivity contribution in [3.8, 4) is 11.5 Å².